The summed E-state index contributed by atoms with van der Waals surface area (Å²) >= 11 is 5.97. The van der Waals surface area contributed by atoms with Crippen LogP contribution < -0.4 is 9.62 Å². The number of fused-ring (bicyclic) bond motifs is 1. The molecular weight excluding hydrogens is 432 g/mol. The highest BCUT2D eigenvalue weighted by atomic mass is 35.5. The van der Waals surface area contributed by atoms with E-state index in [0.717, 1.165) is 61.5 Å². The lowest BCUT2D eigenvalue weighted by atomic mass is 10.2. The normalized spacial score (nSPS) is 15.5. The van der Waals surface area contributed by atoms with Gasteiger partial charge in [-0.1, -0.05) is 17.7 Å². The summed E-state index contributed by atoms with van der Waals surface area (Å²) in [5.41, 5.74) is 2.00. The Bertz CT molecular complexity index is 1110. The lowest BCUT2D eigenvalue weighted by molar-refractivity contribution is 0.253. The maximum Gasteiger partial charge on any atom is 0.240 e. The van der Waals surface area contributed by atoms with Crippen LogP contribution in [-0.2, 0) is 10.0 Å². The van der Waals surface area contributed by atoms with E-state index >= 15 is 0 Å². The Morgan fingerprint density at radius 2 is 1.74 bits per heavy atom. The molecule has 0 aliphatic carbocycles. The predicted octanol–water partition coefficient (Wildman–Crippen LogP) is 3.77. The summed E-state index contributed by atoms with van der Waals surface area (Å²) < 4.78 is 27.9. The molecule has 8 heteroatoms. The van der Waals surface area contributed by atoms with Gasteiger partial charge in [0.15, 0.2) is 0 Å². The summed E-state index contributed by atoms with van der Waals surface area (Å²) in [6, 6.07) is 16.7. The molecule has 1 saturated heterocycles. The number of unbranched alkanes of at least 4 members (excludes halogenated alkanes) is 1. The van der Waals surface area contributed by atoms with E-state index in [-0.39, 0.29) is 4.90 Å². The Balaban J connectivity index is 1.18. The number of hydrogen-bond acceptors (Lipinski definition) is 5. The van der Waals surface area contributed by atoms with Gasteiger partial charge in [0.25, 0.3) is 0 Å². The van der Waals surface area contributed by atoms with Gasteiger partial charge < -0.3 is 4.90 Å². The standard InChI is InChI=1S/C23H27ClN4O2S/c24-20-5-7-21(8-6-20)28-16-14-27(15-17-28)13-2-1-12-26-31(29,30)22-9-10-23-19(18-22)4-3-11-25-23/h3-11,18,26H,1-2,12-17H2. The third kappa shape index (κ3) is 5.74. The van der Waals surface area contributed by atoms with Gasteiger partial charge in [-0.15, -0.1) is 0 Å². The van der Waals surface area contributed by atoms with Crippen LogP contribution in [0, 0.1) is 0 Å². The zero-order valence-electron chi connectivity index (χ0n) is 17.4. The van der Waals surface area contributed by atoms with E-state index in [0.29, 0.717) is 6.54 Å². The first-order valence-corrected chi connectivity index (χ1v) is 12.4. The second kappa shape index (κ2) is 9.96. The highest BCUT2D eigenvalue weighted by molar-refractivity contribution is 7.89. The second-order valence-electron chi connectivity index (χ2n) is 7.77. The summed E-state index contributed by atoms with van der Waals surface area (Å²) in [5.74, 6) is 0. The van der Waals surface area contributed by atoms with Gasteiger partial charge in [0.05, 0.1) is 10.4 Å². The maximum atomic E-state index is 12.6. The molecule has 1 fully saturated rings. The highest BCUT2D eigenvalue weighted by Crippen LogP contribution is 2.20. The van der Waals surface area contributed by atoms with Gasteiger partial charge in [0.1, 0.15) is 0 Å². The molecule has 0 spiro atoms. The van der Waals surface area contributed by atoms with Crippen LogP contribution >= 0.6 is 11.6 Å². The summed E-state index contributed by atoms with van der Waals surface area (Å²) in [5, 5.41) is 1.58. The third-order valence-corrected chi connectivity index (χ3v) is 7.35. The lowest BCUT2D eigenvalue weighted by Gasteiger charge is -2.36. The molecule has 1 aliphatic heterocycles. The molecule has 0 atom stereocenters. The van der Waals surface area contributed by atoms with E-state index in [2.05, 4.69) is 31.6 Å². The SMILES string of the molecule is O=S(=O)(NCCCCN1CCN(c2ccc(Cl)cc2)CC1)c1ccc2ncccc2c1. The van der Waals surface area contributed by atoms with Crippen LogP contribution in [-0.4, -0.2) is 57.6 Å². The first-order valence-electron chi connectivity index (χ1n) is 10.6. The van der Waals surface area contributed by atoms with Crippen LogP contribution in [0.15, 0.2) is 65.7 Å². The largest absolute Gasteiger partial charge is 0.369 e. The lowest BCUT2D eigenvalue weighted by Crippen LogP contribution is -2.46. The molecule has 4 rings (SSSR count). The number of halogens is 1. The summed E-state index contributed by atoms with van der Waals surface area (Å²) in [6.07, 6.45) is 3.48. The zero-order valence-corrected chi connectivity index (χ0v) is 18.9. The van der Waals surface area contributed by atoms with Gasteiger partial charge in [0, 0.05) is 55.0 Å². The minimum absolute atomic E-state index is 0.284. The molecule has 6 nitrogen and oxygen atoms in total. The van der Waals surface area contributed by atoms with Crippen molar-refractivity contribution in [2.45, 2.75) is 17.7 Å². The maximum absolute atomic E-state index is 12.6. The topological polar surface area (TPSA) is 65.5 Å². The number of benzene rings is 2. The summed E-state index contributed by atoms with van der Waals surface area (Å²) in [7, 11) is -3.51. The number of rotatable bonds is 8. The van der Waals surface area contributed by atoms with Gasteiger partial charge in [-0.3, -0.25) is 9.88 Å². The van der Waals surface area contributed by atoms with Crippen LogP contribution in [0.3, 0.4) is 0 Å². The molecule has 164 valence electrons. The predicted molar refractivity (Wildman–Crippen MR) is 126 cm³/mol. The van der Waals surface area contributed by atoms with Crippen LogP contribution in [0.5, 0.6) is 0 Å². The van der Waals surface area contributed by atoms with Crippen molar-refractivity contribution in [1.82, 2.24) is 14.6 Å². The third-order valence-electron chi connectivity index (χ3n) is 5.64. The number of nitrogens with zero attached hydrogens (tertiary/aromatic N) is 3. The number of sulfonamides is 1. The Labute approximate surface area is 188 Å². The van der Waals surface area contributed by atoms with E-state index in [1.54, 1.807) is 30.5 Å². The molecule has 1 aromatic heterocycles. The van der Waals surface area contributed by atoms with Gasteiger partial charge in [0.2, 0.25) is 10.0 Å². The number of nitrogens with one attached hydrogen (secondary N) is 1. The van der Waals surface area contributed by atoms with Crippen LogP contribution in [0.4, 0.5) is 5.69 Å². The summed E-state index contributed by atoms with van der Waals surface area (Å²) in [6.45, 7) is 5.44. The Hall–Kier alpha value is -2.19. The van der Waals surface area contributed by atoms with Crippen molar-refractivity contribution in [2.75, 3.05) is 44.2 Å². The van der Waals surface area contributed by atoms with Crippen molar-refractivity contribution in [3.63, 3.8) is 0 Å². The molecule has 0 radical (unpaired) electrons. The molecule has 0 saturated carbocycles. The Kier molecular flexibility index (Phi) is 7.07. The Morgan fingerprint density at radius 1 is 0.968 bits per heavy atom. The zero-order chi connectivity index (χ0) is 21.7. The average molecular weight is 459 g/mol. The first-order chi connectivity index (χ1) is 15.0. The Morgan fingerprint density at radius 3 is 2.52 bits per heavy atom. The molecule has 3 aromatic rings. The van der Waals surface area contributed by atoms with Crippen LogP contribution in [0.25, 0.3) is 10.9 Å². The fourth-order valence-electron chi connectivity index (χ4n) is 3.85. The minimum atomic E-state index is -3.51. The van der Waals surface area contributed by atoms with E-state index < -0.39 is 10.0 Å². The fourth-order valence-corrected chi connectivity index (χ4v) is 5.09. The van der Waals surface area contributed by atoms with Crippen molar-refractivity contribution < 1.29 is 8.42 Å². The molecule has 0 bridgehead atoms. The monoisotopic (exact) mass is 458 g/mol. The van der Waals surface area contributed by atoms with Gasteiger partial charge >= 0.3 is 0 Å². The van der Waals surface area contributed by atoms with E-state index in [9.17, 15) is 8.42 Å². The number of pyridine rings is 1. The first kappa shape index (κ1) is 22.0. The number of anilines is 1. The smallest absolute Gasteiger partial charge is 0.240 e. The van der Waals surface area contributed by atoms with E-state index in [1.807, 2.05) is 18.2 Å². The average Bonchev–Trinajstić information content (AvgIpc) is 2.79. The molecule has 0 unspecified atom stereocenters. The van der Waals surface area contributed by atoms with Gasteiger partial charge in [-0.2, -0.15) is 0 Å². The number of aromatic nitrogens is 1. The quantitative estimate of drug-likeness (QED) is 0.520. The van der Waals surface area contributed by atoms with Gasteiger partial charge in [-0.05, 0) is 67.9 Å². The highest BCUT2D eigenvalue weighted by Gasteiger charge is 2.17. The molecule has 1 aliphatic rings. The van der Waals surface area contributed by atoms with Crippen molar-refractivity contribution in [3.8, 4) is 0 Å². The van der Waals surface area contributed by atoms with Gasteiger partial charge in [-0.25, -0.2) is 13.1 Å². The fraction of sp³-hybridized carbons (Fsp3) is 0.348. The van der Waals surface area contributed by atoms with Crippen molar-refractivity contribution >= 4 is 38.2 Å². The van der Waals surface area contributed by atoms with E-state index in [4.69, 9.17) is 11.6 Å². The second-order valence-corrected chi connectivity index (χ2v) is 9.97. The van der Waals surface area contributed by atoms with Crippen molar-refractivity contribution in [1.29, 1.82) is 0 Å². The van der Waals surface area contributed by atoms with E-state index in [1.165, 1.54) is 5.69 Å². The summed E-state index contributed by atoms with van der Waals surface area (Å²) in [4.78, 5) is 9.33. The van der Waals surface area contributed by atoms with Crippen LogP contribution in [0.2, 0.25) is 5.02 Å². The molecular formula is C23H27ClN4O2S. The molecule has 2 heterocycles. The minimum Gasteiger partial charge on any atom is -0.369 e. The molecule has 31 heavy (non-hydrogen) atoms. The molecule has 1 N–H and O–H groups in total. The number of hydrogen-bond donors (Lipinski definition) is 1. The molecule has 0 amide bonds. The molecule has 2 aromatic carbocycles. The number of piperazine rings is 1. The van der Waals surface area contributed by atoms with Crippen molar-refractivity contribution in [3.05, 3.63) is 65.8 Å². The van der Waals surface area contributed by atoms with Crippen LogP contribution in [0.1, 0.15) is 12.8 Å². The van der Waals surface area contributed by atoms with Crippen molar-refractivity contribution in [2.24, 2.45) is 0 Å².